The molecule has 0 radical (unpaired) electrons. The van der Waals surface area contributed by atoms with E-state index in [0.717, 1.165) is 12.1 Å². The number of amides is 2. The van der Waals surface area contributed by atoms with E-state index in [1.807, 2.05) is 0 Å². The highest BCUT2D eigenvalue weighted by Gasteiger charge is 2.29. The first-order chi connectivity index (χ1) is 10.5. The Balaban J connectivity index is 2.80. The average Bonchev–Trinajstić information content (AvgIpc) is 2.44. The van der Waals surface area contributed by atoms with Crippen molar-refractivity contribution in [2.75, 3.05) is 0 Å². The lowest BCUT2D eigenvalue weighted by atomic mass is 9.95. The normalized spacial score (nSPS) is 13.8. The lowest BCUT2D eigenvalue weighted by Crippen LogP contribution is -2.45. The van der Waals surface area contributed by atoms with E-state index in [1.54, 1.807) is 20.8 Å². The first kappa shape index (κ1) is 18.6. The van der Waals surface area contributed by atoms with E-state index in [4.69, 9.17) is 10.5 Å². The zero-order valence-electron chi connectivity index (χ0n) is 13.6. The van der Waals surface area contributed by atoms with Crippen LogP contribution >= 0.6 is 0 Å². The van der Waals surface area contributed by atoms with Gasteiger partial charge in [-0.05, 0) is 19.1 Å². The molecule has 0 heterocycles. The Morgan fingerprint density at radius 3 is 2.13 bits per heavy atom. The lowest BCUT2D eigenvalue weighted by Gasteiger charge is -2.22. The molecule has 126 valence electrons. The number of nitrogens with two attached hydrogens (primary N) is 1. The molecular formula is C16H21FN2O4. The van der Waals surface area contributed by atoms with E-state index in [2.05, 4.69) is 5.32 Å². The quantitative estimate of drug-likeness (QED) is 0.801. The van der Waals surface area contributed by atoms with E-state index in [-0.39, 0.29) is 11.5 Å². The summed E-state index contributed by atoms with van der Waals surface area (Å²) in [5.74, 6) is -2.52. The minimum atomic E-state index is -1.35. The number of esters is 1. The second-order valence-corrected chi connectivity index (χ2v) is 6.22. The van der Waals surface area contributed by atoms with Gasteiger partial charge in [0.15, 0.2) is 0 Å². The molecule has 0 aromatic heterocycles. The van der Waals surface area contributed by atoms with Crippen LogP contribution in [0, 0.1) is 11.2 Å². The molecule has 1 aromatic carbocycles. The average molecular weight is 324 g/mol. The molecule has 1 rings (SSSR count). The van der Waals surface area contributed by atoms with E-state index in [1.165, 1.54) is 19.1 Å². The Kier molecular flexibility index (Phi) is 5.84. The molecular weight excluding hydrogens is 303 g/mol. The number of benzene rings is 1. The number of halogens is 1. The van der Waals surface area contributed by atoms with Crippen LogP contribution in [-0.4, -0.2) is 23.8 Å². The van der Waals surface area contributed by atoms with Crippen molar-refractivity contribution in [1.82, 2.24) is 5.32 Å². The van der Waals surface area contributed by atoms with Gasteiger partial charge < -0.3 is 15.8 Å². The van der Waals surface area contributed by atoms with Crippen molar-refractivity contribution in [3.63, 3.8) is 0 Å². The number of primary amides is 1. The molecule has 0 fully saturated rings. The maximum atomic E-state index is 12.9. The number of nitrogens with one attached hydrogen (secondary N) is 1. The lowest BCUT2D eigenvalue weighted by molar-refractivity contribution is -0.158. The molecule has 0 spiro atoms. The summed E-state index contributed by atoms with van der Waals surface area (Å²) in [6.07, 6.45) is -1.35. The van der Waals surface area contributed by atoms with E-state index >= 15 is 0 Å². The maximum Gasteiger partial charge on any atom is 0.329 e. The second kappa shape index (κ2) is 7.21. The number of hydrogen-bond acceptors (Lipinski definition) is 4. The highest BCUT2D eigenvalue weighted by Crippen LogP contribution is 2.19. The third kappa shape index (κ3) is 5.36. The fraction of sp³-hybridized carbons (Fsp3) is 0.438. The van der Waals surface area contributed by atoms with Gasteiger partial charge in [0.1, 0.15) is 11.9 Å². The summed E-state index contributed by atoms with van der Waals surface area (Å²) >= 11 is 0. The number of hydrogen-bond donors (Lipinski definition) is 2. The van der Waals surface area contributed by atoms with Gasteiger partial charge in [-0.25, -0.2) is 9.18 Å². The molecule has 0 aliphatic rings. The topological polar surface area (TPSA) is 98.5 Å². The zero-order valence-corrected chi connectivity index (χ0v) is 13.6. The summed E-state index contributed by atoms with van der Waals surface area (Å²) in [5, 5.41) is 2.50. The predicted octanol–water partition coefficient (Wildman–Crippen LogP) is 1.45. The molecule has 23 heavy (non-hydrogen) atoms. The zero-order chi connectivity index (χ0) is 17.8. The summed E-state index contributed by atoms with van der Waals surface area (Å²) in [4.78, 5) is 35.4. The monoisotopic (exact) mass is 324 g/mol. The molecule has 0 aliphatic carbocycles. The SMILES string of the molecule is C[C@H](NC(=O)C(C)(C)C)C(=O)O[C@@H](C(N)=O)c1ccc(F)cc1. The van der Waals surface area contributed by atoms with Crippen LogP contribution < -0.4 is 11.1 Å². The van der Waals surface area contributed by atoms with Gasteiger partial charge in [-0.1, -0.05) is 32.9 Å². The van der Waals surface area contributed by atoms with Crippen molar-refractivity contribution in [2.45, 2.75) is 39.8 Å². The number of ether oxygens (including phenoxy) is 1. The van der Waals surface area contributed by atoms with Crippen LogP contribution in [0.2, 0.25) is 0 Å². The van der Waals surface area contributed by atoms with Gasteiger partial charge in [0.2, 0.25) is 12.0 Å². The molecule has 1 aromatic rings. The third-order valence-electron chi connectivity index (χ3n) is 3.05. The second-order valence-electron chi connectivity index (χ2n) is 6.22. The number of carbonyl (C=O) groups is 3. The summed E-state index contributed by atoms with van der Waals surface area (Å²) in [6, 6.07) is 3.91. The molecule has 0 aliphatic heterocycles. The van der Waals surface area contributed by atoms with Gasteiger partial charge in [-0.15, -0.1) is 0 Å². The van der Waals surface area contributed by atoms with Crippen LogP contribution in [0.4, 0.5) is 4.39 Å². The third-order valence-corrected chi connectivity index (χ3v) is 3.05. The molecule has 2 amide bonds. The highest BCUT2D eigenvalue weighted by atomic mass is 19.1. The van der Waals surface area contributed by atoms with Crippen LogP contribution in [0.25, 0.3) is 0 Å². The Bertz CT molecular complexity index is 593. The van der Waals surface area contributed by atoms with Crippen molar-refractivity contribution in [1.29, 1.82) is 0 Å². The molecule has 0 saturated heterocycles. The van der Waals surface area contributed by atoms with Crippen molar-refractivity contribution < 1.29 is 23.5 Å². The summed E-state index contributed by atoms with van der Waals surface area (Å²) < 4.78 is 18.0. The van der Waals surface area contributed by atoms with Crippen LogP contribution in [0.15, 0.2) is 24.3 Å². The van der Waals surface area contributed by atoms with Gasteiger partial charge in [-0.3, -0.25) is 9.59 Å². The fourth-order valence-corrected chi connectivity index (χ4v) is 1.62. The highest BCUT2D eigenvalue weighted by molar-refractivity contribution is 5.89. The maximum absolute atomic E-state index is 12.9. The summed E-state index contributed by atoms with van der Waals surface area (Å²) in [7, 11) is 0. The van der Waals surface area contributed by atoms with E-state index < -0.39 is 35.3 Å². The Morgan fingerprint density at radius 1 is 1.17 bits per heavy atom. The molecule has 7 heteroatoms. The van der Waals surface area contributed by atoms with Gasteiger partial charge in [0.05, 0.1) is 0 Å². The van der Waals surface area contributed by atoms with E-state index in [9.17, 15) is 18.8 Å². The molecule has 3 N–H and O–H groups in total. The van der Waals surface area contributed by atoms with Gasteiger partial charge in [-0.2, -0.15) is 0 Å². The van der Waals surface area contributed by atoms with Gasteiger partial charge in [0, 0.05) is 11.0 Å². The Labute approximate surface area is 134 Å². The molecule has 6 nitrogen and oxygen atoms in total. The Morgan fingerprint density at radius 2 is 1.70 bits per heavy atom. The number of carbonyl (C=O) groups excluding carboxylic acids is 3. The summed E-state index contributed by atoms with van der Waals surface area (Å²) in [6.45, 7) is 6.54. The van der Waals surface area contributed by atoms with Crippen molar-refractivity contribution in [3.8, 4) is 0 Å². The van der Waals surface area contributed by atoms with E-state index in [0.29, 0.717) is 0 Å². The molecule has 0 unspecified atom stereocenters. The molecule has 0 saturated carbocycles. The molecule has 2 atom stereocenters. The summed E-state index contributed by atoms with van der Waals surface area (Å²) in [5.41, 5.74) is 4.81. The number of rotatable bonds is 5. The fourth-order valence-electron chi connectivity index (χ4n) is 1.62. The minimum absolute atomic E-state index is 0.251. The molecule has 0 bridgehead atoms. The van der Waals surface area contributed by atoms with Crippen molar-refractivity contribution in [3.05, 3.63) is 35.6 Å². The minimum Gasteiger partial charge on any atom is -0.446 e. The smallest absolute Gasteiger partial charge is 0.329 e. The van der Waals surface area contributed by atoms with Crippen molar-refractivity contribution >= 4 is 17.8 Å². The predicted molar refractivity (Wildman–Crippen MR) is 81.5 cm³/mol. The largest absolute Gasteiger partial charge is 0.446 e. The first-order valence-corrected chi connectivity index (χ1v) is 7.08. The van der Waals surface area contributed by atoms with Gasteiger partial charge >= 0.3 is 5.97 Å². The standard InChI is InChI=1S/C16H21FN2O4/c1-9(19-15(22)16(2,3)4)14(21)23-12(13(18)20)10-5-7-11(17)8-6-10/h5-9,12H,1-4H3,(H2,18,20)(H,19,22)/t9-,12+/m0/s1. The van der Waals surface area contributed by atoms with Crippen LogP contribution in [0.5, 0.6) is 0 Å². The van der Waals surface area contributed by atoms with Crippen molar-refractivity contribution in [2.24, 2.45) is 11.1 Å². The Hall–Kier alpha value is -2.44. The van der Waals surface area contributed by atoms with Crippen LogP contribution in [0.1, 0.15) is 39.4 Å². The van der Waals surface area contributed by atoms with Crippen LogP contribution in [0.3, 0.4) is 0 Å². The van der Waals surface area contributed by atoms with Crippen LogP contribution in [-0.2, 0) is 19.1 Å². The van der Waals surface area contributed by atoms with Gasteiger partial charge in [0.25, 0.3) is 5.91 Å². The first-order valence-electron chi connectivity index (χ1n) is 7.08.